The Morgan fingerprint density at radius 3 is 2.52 bits per heavy atom. The summed E-state index contributed by atoms with van der Waals surface area (Å²) in [5.74, 6) is -1.55. The van der Waals surface area contributed by atoms with E-state index in [0.29, 0.717) is 23.6 Å². The van der Waals surface area contributed by atoms with Gasteiger partial charge in [0.05, 0.1) is 19.4 Å². The number of hydrogen-bond acceptors (Lipinski definition) is 7. The minimum Gasteiger partial charge on any atom is -0.494 e. The van der Waals surface area contributed by atoms with Crippen molar-refractivity contribution in [1.29, 1.82) is 0 Å². The second-order valence-corrected chi connectivity index (χ2v) is 7.25. The first-order valence-corrected chi connectivity index (χ1v) is 10.4. The highest BCUT2D eigenvalue weighted by molar-refractivity contribution is 7.80. The van der Waals surface area contributed by atoms with Crippen molar-refractivity contribution in [1.82, 2.24) is 5.32 Å². The molecule has 0 spiro atoms. The van der Waals surface area contributed by atoms with E-state index in [2.05, 4.69) is 5.32 Å². The van der Waals surface area contributed by atoms with Crippen molar-refractivity contribution in [3.63, 3.8) is 0 Å². The Labute approximate surface area is 195 Å². The van der Waals surface area contributed by atoms with Crippen LogP contribution in [0.5, 0.6) is 17.2 Å². The van der Waals surface area contributed by atoms with Gasteiger partial charge in [0.2, 0.25) is 0 Å². The van der Waals surface area contributed by atoms with Gasteiger partial charge < -0.3 is 19.3 Å². The lowest BCUT2D eigenvalue weighted by molar-refractivity contribution is -0.144. The quantitative estimate of drug-likeness (QED) is 0.344. The van der Waals surface area contributed by atoms with Crippen LogP contribution in [0.3, 0.4) is 0 Å². The molecule has 10 heteroatoms. The number of hydrogen-bond donors (Lipinski definition) is 2. The van der Waals surface area contributed by atoms with Gasteiger partial charge in [-0.15, -0.1) is 0 Å². The second kappa shape index (κ2) is 10.1. The van der Waals surface area contributed by atoms with Crippen LogP contribution in [0, 0.1) is 0 Å². The Kier molecular flexibility index (Phi) is 7.29. The summed E-state index contributed by atoms with van der Waals surface area (Å²) in [4.78, 5) is 38.4. The molecule has 33 heavy (non-hydrogen) atoms. The fourth-order valence-electron chi connectivity index (χ4n) is 3.07. The number of aliphatic carboxylic acids is 1. The van der Waals surface area contributed by atoms with Crippen LogP contribution in [0.15, 0.2) is 48.0 Å². The van der Waals surface area contributed by atoms with Crippen molar-refractivity contribution in [3.05, 3.63) is 53.6 Å². The van der Waals surface area contributed by atoms with E-state index in [1.165, 1.54) is 25.0 Å². The predicted molar refractivity (Wildman–Crippen MR) is 125 cm³/mol. The second-order valence-electron chi connectivity index (χ2n) is 6.86. The van der Waals surface area contributed by atoms with E-state index in [1.807, 2.05) is 6.92 Å². The minimum absolute atomic E-state index is 0.0621. The Bertz CT molecular complexity index is 1130. The first kappa shape index (κ1) is 23.7. The molecule has 2 amide bonds. The number of nitrogens with one attached hydrogen (secondary N) is 1. The molecule has 3 rings (SSSR count). The number of carboxylic acid groups (broad SMARTS) is 1. The lowest BCUT2D eigenvalue weighted by atomic mass is 10.1. The van der Waals surface area contributed by atoms with Gasteiger partial charge in [0.1, 0.15) is 11.3 Å². The molecule has 2 N–H and O–H groups in total. The molecule has 1 aliphatic heterocycles. The summed E-state index contributed by atoms with van der Waals surface area (Å²) < 4.78 is 16.2. The van der Waals surface area contributed by atoms with Crippen LogP contribution in [0.2, 0.25) is 0 Å². The van der Waals surface area contributed by atoms with Crippen molar-refractivity contribution in [3.8, 4) is 17.2 Å². The van der Waals surface area contributed by atoms with E-state index in [4.69, 9.17) is 26.4 Å². The Balaban J connectivity index is 2.02. The summed E-state index contributed by atoms with van der Waals surface area (Å²) in [6.07, 6.45) is 0.121. The molecule has 0 aromatic heterocycles. The molecule has 0 bridgehead atoms. The van der Waals surface area contributed by atoms with Crippen LogP contribution in [0.25, 0.3) is 6.08 Å². The molecule has 0 unspecified atom stereocenters. The molecule has 2 aromatic rings. The Morgan fingerprint density at radius 2 is 1.91 bits per heavy atom. The predicted octanol–water partition coefficient (Wildman–Crippen LogP) is 2.78. The number of ether oxygens (including phenoxy) is 3. The van der Waals surface area contributed by atoms with Gasteiger partial charge in [-0.05, 0) is 62.5 Å². The third-order valence-corrected chi connectivity index (χ3v) is 4.96. The Hall–Kier alpha value is -3.92. The fraction of sp³-hybridized carbons (Fsp3) is 0.217. The van der Waals surface area contributed by atoms with E-state index in [-0.39, 0.29) is 22.2 Å². The number of carbonyl (C=O) groups is 3. The first-order valence-electron chi connectivity index (χ1n) is 9.97. The van der Waals surface area contributed by atoms with Crippen LogP contribution >= 0.6 is 12.2 Å². The summed E-state index contributed by atoms with van der Waals surface area (Å²) in [5.41, 5.74) is 0.528. The monoisotopic (exact) mass is 470 g/mol. The summed E-state index contributed by atoms with van der Waals surface area (Å²) in [6.45, 7) is 3.71. The molecule has 2 aromatic carbocycles. The number of anilines is 1. The highest BCUT2D eigenvalue weighted by Gasteiger charge is 2.35. The van der Waals surface area contributed by atoms with Crippen molar-refractivity contribution in [2.75, 3.05) is 18.6 Å². The third kappa shape index (κ3) is 5.12. The van der Waals surface area contributed by atoms with Crippen molar-refractivity contribution >= 4 is 46.9 Å². The van der Waals surface area contributed by atoms with Gasteiger partial charge in [0, 0.05) is 5.56 Å². The topological polar surface area (TPSA) is 114 Å². The molecule has 9 nitrogen and oxygen atoms in total. The molecule has 1 aliphatic rings. The average Bonchev–Trinajstić information content (AvgIpc) is 2.78. The highest BCUT2D eigenvalue weighted by Crippen LogP contribution is 2.34. The largest absolute Gasteiger partial charge is 0.494 e. The maximum absolute atomic E-state index is 13.3. The van der Waals surface area contributed by atoms with Gasteiger partial charge in [-0.2, -0.15) is 0 Å². The molecule has 0 radical (unpaired) electrons. The van der Waals surface area contributed by atoms with E-state index < -0.39 is 23.9 Å². The summed E-state index contributed by atoms with van der Waals surface area (Å²) >= 11 is 5.22. The van der Waals surface area contributed by atoms with Gasteiger partial charge in [0.15, 0.2) is 22.7 Å². The van der Waals surface area contributed by atoms with Gasteiger partial charge in [-0.3, -0.25) is 19.8 Å². The van der Waals surface area contributed by atoms with Crippen LogP contribution in [0.1, 0.15) is 19.4 Å². The lowest BCUT2D eigenvalue weighted by Gasteiger charge is -2.29. The molecule has 1 saturated heterocycles. The van der Waals surface area contributed by atoms with Crippen molar-refractivity contribution in [2.24, 2.45) is 0 Å². The normalized spacial score (nSPS) is 15.8. The first-order chi connectivity index (χ1) is 15.8. The Morgan fingerprint density at radius 1 is 1.21 bits per heavy atom. The zero-order valence-electron chi connectivity index (χ0n) is 18.2. The number of carboxylic acids is 1. The van der Waals surface area contributed by atoms with Gasteiger partial charge >= 0.3 is 5.97 Å². The smallest absolute Gasteiger partial charge is 0.344 e. The van der Waals surface area contributed by atoms with E-state index in [1.54, 1.807) is 42.5 Å². The number of thiocarbonyl (C=S) groups is 1. The fourth-order valence-corrected chi connectivity index (χ4v) is 3.35. The number of rotatable bonds is 8. The molecule has 1 heterocycles. The van der Waals surface area contributed by atoms with Crippen molar-refractivity contribution < 1.29 is 33.7 Å². The molecular weight excluding hydrogens is 448 g/mol. The molecule has 172 valence electrons. The summed E-state index contributed by atoms with van der Waals surface area (Å²) in [7, 11) is 1.40. The number of methoxy groups -OCH3 is 1. The average molecular weight is 471 g/mol. The number of carbonyl (C=O) groups excluding carboxylic acids is 2. The van der Waals surface area contributed by atoms with Crippen LogP contribution in [0.4, 0.5) is 5.69 Å². The maximum Gasteiger partial charge on any atom is 0.344 e. The van der Waals surface area contributed by atoms with Crippen LogP contribution < -0.4 is 24.4 Å². The van der Waals surface area contributed by atoms with Crippen molar-refractivity contribution in [2.45, 2.75) is 20.0 Å². The lowest BCUT2D eigenvalue weighted by Crippen LogP contribution is -2.54. The number of benzene rings is 2. The zero-order valence-corrected chi connectivity index (χ0v) is 19.0. The van der Waals surface area contributed by atoms with E-state index in [9.17, 15) is 19.5 Å². The van der Waals surface area contributed by atoms with Gasteiger partial charge in [-0.25, -0.2) is 4.79 Å². The third-order valence-electron chi connectivity index (χ3n) is 4.68. The standard InChI is InChI=1S/C23H22N2O7S/c1-4-31-16-10-8-15(9-11-16)25-21(27)17(20(26)24-23(25)33)12-14-6-5-7-18(30-3)19(14)32-13(2)22(28)29/h5-13H,4H2,1-3H3,(H,28,29)(H,24,26,33)/b17-12+/t13-/m0/s1. The SMILES string of the molecule is CCOc1ccc(N2C(=O)/C(=C/c3cccc(OC)c3O[C@@H](C)C(=O)O)C(=O)NC2=S)cc1. The molecule has 0 saturated carbocycles. The van der Waals surface area contributed by atoms with E-state index >= 15 is 0 Å². The number of para-hydroxylation sites is 1. The maximum atomic E-state index is 13.3. The van der Waals surface area contributed by atoms with Crippen LogP contribution in [-0.4, -0.2) is 47.8 Å². The highest BCUT2D eigenvalue weighted by atomic mass is 32.1. The molecule has 1 fully saturated rings. The van der Waals surface area contributed by atoms with Gasteiger partial charge in [0.25, 0.3) is 11.8 Å². The zero-order chi connectivity index (χ0) is 24.1. The minimum atomic E-state index is -1.19. The summed E-state index contributed by atoms with van der Waals surface area (Å²) in [5, 5.41) is 11.7. The molecule has 0 aliphatic carbocycles. The summed E-state index contributed by atoms with van der Waals surface area (Å²) in [6, 6.07) is 11.5. The number of nitrogens with zero attached hydrogens (tertiary/aromatic N) is 1. The van der Waals surface area contributed by atoms with Crippen LogP contribution in [-0.2, 0) is 14.4 Å². The van der Waals surface area contributed by atoms with Gasteiger partial charge in [-0.1, -0.05) is 12.1 Å². The number of amides is 2. The van der Waals surface area contributed by atoms with E-state index in [0.717, 1.165) is 0 Å². The molecular formula is C23H22N2O7S. The molecule has 1 atom stereocenters.